The minimum atomic E-state index is -2.56. The molecule has 1 heterocycles. The molecule has 86 valence electrons. The summed E-state index contributed by atoms with van der Waals surface area (Å²) < 4.78 is 25.9. The molecule has 0 atom stereocenters. The minimum absolute atomic E-state index is 0.103. The van der Waals surface area contributed by atoms with Crippen LogP contribution < -0.4 is 5.73 Å². The molecule has 2 nitrogen and oxygen atoms in total. The Morgan fingerprint density at radius 3 is 2.69 bits per heavy atom. The first kappa shape index (κ1) is 11.0. The third-order valence-electron chi connectivity index (χ3n) is 2.73. The Morgan fingerprint density at radius 2 is 2.12 bits per heavy atom. The summed E-state index contributed by atoms with van der Waals surface area (Å²) in [6, 6.07) is 3.65. The predicted molar refractivity (Wildman–Crippen MR) is 60.2 cm³/mol. The van der Waals surface area contributed by atoms with Crippen molar-refractivity contribution in [3.05, 3.63) is 29.5 Å². The lowest BCUT2D eigenvalue weighted by molar-refractivity contribution is -0.00605. The van der Waals surface area contributed by atoms with Gasteiger partial charge < -0.3 is 5.73 Å². The molecular formula is C12H14F2N2. The zero-order valence-electron chi connectivity index (χ0n) is 9.13. The molecule has 1 aromatic heterocycles. The van der Waals surface area contributed by atoms with E-state index in [1.165, 1.54) is 0 Å². The number of hydrogen-bond acceptors (Lipinski definition) is 2. The Kier molecular flexibility index (Phi) is 2.66. The minimum Gasteiger partial charge on any atom is -0.384 e. The van der Waals surface area contributed by atoms with Crippen LogP contribution in [0.5, 0.6) is 0 Å². The Bertz CT molecular complexity index is 418. The molecule has 0 aliphatic heterocycles. The van der Waals surface area contributed by atoms with Gasteiger partial charge in [-0.3, -0.25) is 0 Å². The number of allylic oxidation sites excluding steroid dienone is 2. The summed E-state index contributed by atoms with van der Waals surface area (Å²) in [5.74, 6) is -2.12. The van der Waals surface area contributed by atoms with Crippen LogP contribution in [0.25, 0.3) is 5.57 Å². The second-order valence-corrected chi connectivity index (χ2v) is 4.24. The molecule has 0 spiro atoms. The van der Waals surface area contributed by atoms with E-state index >= 15 is 0 Å². The van der Waals surface area contributed by atoms with Crippen LogP contribution in [0, 0.1) is 6.92 Å². The lowest BCUT2D eigenvalue weighted by atomic mass is 9.93. The standard InChI is InChI=1S/C12H14F2N2/c1-8-6-10(16-11(15)7-8)9-2-4-12(13,14)5-3-9/h2,6-7H,3-5H2,1H3,(H2,15,16). The highest BCUT2D eigenvalue weighted by molar-refractivity contribution is 5.65. The number of anilines is 1. The van der Waals surface area contributed by atoms with Crippen LogP contribution in [-0.4, -0.2) is 10.9 Å². The van der Waals surface area contributed by atoms with Crippen LogP contribution >= 0.6 is 0 Å². The van der Waals surface area contributed by atoms with Crippen molar-refractivity contribution in [2.75, 3.05) is 5.73 Å². The number of pyridine rings is 1. The van der Waals surface area contributed by atoms with E-state index in [-0.39, 0.29) is 12.8 Å². The van der Waals surface area contributed by atoms with E-state index in [0.29, 0.717) is 12.2 Å². The maximum atomic E-state index is 13.0. The van der Waals surface area contributed by atoms with Crippen molar-refractivity contribution in [3.63, 3.8) is 0 Å². The number of nitrogen functional groups attached to an aromatic ring is 1. The van der Waals surface area contributed by atoms with Crippen LogP contribution in [0.3, 0.4) is 0 Å². The third-order valence-corrected chi connectivity index (χ3v) is 2.73. The van der Waals surface area contributed by atoms with Crippen molar-refractivity contribution in [2.24, 2.45) is 0 Å². The highest BCUT2D eigenvalue weighted by atomic mass is 19.3. The molecule has 0 bridgehead atoms. The maximum Gasteiger partial charge on any atom is 0.251 e. The molecule has 1 aliphatic rings. The summed E-state index contributed by atoms with van der Waals surface area (Å²) >= 11 is 0. The summed E-state index contributed by atoms with van der Waals surface area (Å²) in [5, 5.41) is 0. The van der Waals surface area contributed by atoms with Gasteiger partial charge in [0.2, 0.25) is 0 Å². The quantitative estimate of drug-likeness (QED) is 0.795. The number of hydrogen-bond donors (Lipinski definition) is 1. The van der Waals surface area contributed by atoms with E-state index in [2.05, 4.69) is 4.98 Å². The first-order chi connectivity index (χ1) is 7.46. The molecule has 1 aliphatic carbocycles. The smallest absolute Gasteiger partial charge is 0.251 e. The zero-order chi connectivity index (χ0) is 11.8. The molecule has 1 aromatic rings. The number of nitrogens with zero attached hydrogens (tertiary/aromatic N) is 1. The van der Waals surface area contributed by atoms with Gasteiger partial charge in [0, 0.05) is 12.8 Å². The van der Waals surface area contributed by atoms with Crippen molar-refractivity contribution in [1.29, 1.82) is 0 Å². The summed E-state index contributed by atoms with van der Waals surface area (Å²) in [5.41, 5.74) is 8.24. The molecular weight excluding hydrogens is 210 g/mol. The molecule has 0 saturated heterocycles. The van der Waals surface area contributed by atoms with E-state index in [1.54, 1.807) is 12.1 Å². The van der Waals surface area contributed by atoms with E-state index in [0.717, 1.165) is 16.8 Å². The number of rotatable bonds is 1. The monoisotopic (exact) mass is 224 g/mol. The number of alkyl halides is 2. The van der Waals surface area contributed by atoms with Gasteiger partial charge in [0.05, 0.1) is 5.69 Å². The SMILES string of the molecule is Cc1cc(N)nc(C2=CCC(F)(F)CC2)c1. The Labute approximate surface area is 93.2 Å². The van der Waals surface area contributed by atoms with Crippen LogP contribution in [-0.2, 0) is 0 Å². The lowest BCUT2D eigenvalue weighted by Crippen LogP contribution is -2.18. The van der Waals surface area contributed by atoms with Crippen LogP contribution in [0.1, 0.15) is 30.5 Å². The predicted octanol–water partition coefficient (Wildman–Crippen LogP) is 3.17. The van der Waals surface area contributed by atoms with E-state index in [1.807, 2.05) is 13.0 Å². The Hall–Kier alpha value is -1.45. The van der Waals surface area contributed by atoms with Crippen LogP contribution in [0.2, 0.25) is 0 Å². The summed E-state index contributed by atoms with van der Waals surface area (Å²) in [6.07, 6.45) is 1.64. The largest absolute Gasteiger partial charge is 0.384 e. The third kappa shape index (κ3) is 2.38. The number of halogens is 2. The normalized spacial score (nSPS) is 19.3. The van der Waals surface area contributed by atoms with Crippen molar-refractivity contribution < 1.29 is 8.78 Å². The second-order valence-electron chi connectivity index (χ2n) is 4.24. The fourth-order valence-corrected chi connectivity index (χ4v) is 1.89. The molecule has 2 rings (SSSR count). The van der Waals surface area contributed by atoms with Crippen molar-refractivity contribution in [1.82, 2.24) is 4.98 Å². The number of aromatic nitrogens is 1. The fraction of sp³-hybridized carbons (Fsp3) is 0.417. The summed E-state index contributed by atoms with van der Waals surface area (Å²) in [4.78, 5) is 4.17. The molecule has 4 heteroatoms. The van der Waals surface area contributed by atoms with E-state index in [9.17, 15) is 8.78 Å². The molecule has 0 saturated carbocycles. The molecule has 0 unspecified atom stereocenters. The molecule has 0 radical (unpaired) electrons. The zero-order valence-corrected chi connectivity index (χ0v) is 9.13. The topological polar surface area (TPSA) is 38.9 Å². The average Bonchev–Trinajstić information content (AvgIpc) is 2.15. The summed E-state index contributed by atoms with van der Waals surface area (Å²) in [6.45, 7) is 1.92. The first-order valence-electron chi connectivity index (χ1n) is 5.28. The molecule has 16 heavy (non-hydrogen) atoms. The number of aryl methyl sites for hydroxylation is 1. The average molecular weight is 224 g/mol. The van der Waals surface area contributed by atoms with Crippen molar-refractivity contribution in [3.8, 4) is 0 Å². The van der Waals surface area contributed by atoms with Gasteiger partial charge in [-0.1, -0.05) is 6.08 Å². The highest BCUT2D eigenvalue weighted by Crippen LogP contribution is 2.35. The van der Waals surface area contributed by atoms with Gasteiger partial charge in [-0.05, 0) is 36.6 Å². The van der Waals surface area contributed by atoms with E-state index < -0.39 is 5.92 Å². The van der Waals surface area contributed by atoms with Gasteiger partial charge in [0.25, 0.3) is 5.92 Å². The van der Waals surface area contributed by atoms with Crippen molar-refractivity contribution in [2.45, 2.75) is 32.1 Å². The van der Waals surface area contributed by atoms with Gasteiger partial charge in [0.1, 0.15) is 5.82 Å². The van der Waals surface area contributed by atoms with Crippen LogP contribution in [0.4, 0.5) is 14.6 Å². The highest BCUT2D eigenvalue weighted by Gasteiger charge is 2.31. The molecule has 0 aromatic carbocycles. The van der Waals surface area contributed by atoms with Crippen molar-refractivity contribution >= 4 is 11.4 Å². The van der Waals surface area contributed by atoms with Gasteiger partial charge in [-0.15, -0.1) is 0 Å². The van der Waals surface area contributed by atoms with Crippen LogP contribution in [0.15, 0.2) is 18.2 Å². The summed E-state index contributed by atoms with van der Waals surface area (Å²) in [7, 11) is 0. The Balaban J connectivity index is 2.29. The molecule has 2 N–H and O–H groups in total. The van der Waals surface area contributed by atoms with Gasteiger partial charge in [0.15, 0.2) is 0 Å². The molecule has 0 fully saturated rings. The molecule has 0 amide bonds. The second kappa shape index (κ2) is 3.85. The van der Waals surface area contributed by atoms with Gasteiger partial charge in [-0.25, -0.2) is 13.8 Å². The fourth-order valence-electron chi connectivity index (χ4n) is 1.89. The van der Waals surface area contributed by atoms with Gasteiger partial charge in [-0.2, -0.15) is 0 Å². The lowest BCUT2D eigenvalue weighted by Gasteiger charge is -2.21. The Morgan fingerprint density at radius 1 is 1.38 bits per heavy atom. The van der Waals surface area contributed by atoms with Gasteiger partial charge >= 0.3 is 0 Å². The van der Waals surface area contributed by atoms with E-state index in [4.69, 9.17) is 5.73 Å². The number of nitrogens with two attached hydrogens (primary N) is 1. The maximum absolute atomic E-state index is 13.0. The first-order valence-corrected chi connectivity index (χ1v) is 5.28.